The molecule has 1 fully saturated rings. The summed E-state index contributed by atoms with van der Waals surface area (Å²) in [6, 6.07) is -0.488. The smallest absolute Gasteiger partial charge is 0.321 e. The first-order valence-corrected chi connectivity index (χ1v) is 5.26. The number of amides is 1. The molecular weight excluding hydrogens is 196 g/mol. The van der Waals surface area contributed by atoms with Gasteiger partial charge in [0.25, 0.3) is 0 Å². The molecule has 0 saturated carbocycles. The van der Waals surface area contributed by atoms with Gasteiger partial charge >= 0.3 is 5.97 Å². The minimum absolute atomic E-state index is 0.00500. The Balaban J connectivity index is 2.66. The Kier molecular flexibility index (Phi) is 4.08. The Hall–Kier alpha value is -1.10. The van der Waals surface area contributed by atoms with Crippen molar-refractivity contribution in [3.63, 3.8) is 0 Å². The van der Waals surface area contributed by atoms with Crippen molar-refractivity contribution >= 4 is 11.9 Å². The highest BCUT2D eigenvalue weighted by Gasteiger charge is 2.29. The van der Waals surface area contributed by atoms with Crippen LogP contribution in [-0.2, 0) is 9.59 Å². The van der Waals surface area contributed by atoms with E-state index in [-0.39, 0.29) is 11.8 Å². The summed E-state index contributed by atoms with van der Waals surface area (Å²) in [5.41, 5.74) is 0. The second-order valence-electron chi connectivity index (χ2n) is 4.16. The van der Waals surface area contributed by atoms with Crippen molar-refractivity contribution in [2.45, 2.75) is 26.3 Å². The molecule has 1 atom stereocenters. The Bertz CT molecular complexity index is 253. The van der Waals surface area contributed by atoms with E-state index in [1.807, 2.05) is 18.7 Å². The van der Waals surface area contributed by atoms with Crippen molar-refractivity contribution < 1.29 is 14.7 Å². The first-order chi connectivity index (χ1) is 7.02. The van der Waals surface area contributed by atoms with Gasteiger partial charge < -0.3 is 10.4 Å². The third-order valence-corrected chi connectivity index (χ3v) is 2.63. The maximum absolute atomic E-state index is 11.1. The molecule has 1 saturated heterocycles. The summed E-state index contributed by atoms with van der Waals surface area (Å²) in [5, 5.41) is 11.8. The van der Waals surface area contributed by atoms with E-state index in [0.29, 0.717) is 26.1 Å². The predicted octanol–water partition coefficient (Wildman–Crippen LogP) is -0.0825. The molecule has 1 amide bonds. The van der Waals surface area contributed by atoms with Crippen LogP contribution in [0.4, 0.5) is 0 Å². The summed E-state index contributed by atoms with van der Waals surface area (Å²) in [5.74, 6) is -0.750. The van der Waals surface area contributed by atoms with E-state index in [0.717, 1.165) is 0 Å². The molecule has 1 aliphatic heterocycles. The minimum atomic E-state index is -0.806. The highest BCUT2D eigenvalue weighted by molar-refractivity contribution is 5.77. The molecule has 2 N–H and O–H groups in total. The first-order valence-electron chi connectivity index (χ1n) is 5.26. The van der Waals surface area contributed by atoms with Gasteiger partial charge in [0, 0.05) is 26.1 Å². The predicted molar refractivity (Wildman–Crippen MR) is 55.5 cm³/mol. The Morgan fingerprint density at radius 2 is 2.13 bits per heavy atom. The van der Waals surface area contributed by atoms with Crippen LogP contribution in [-0.4, -0.2) is 47.6 Å². The number of hydrogen-bond donors (Lipinski definition) is 2. The van der Waals surface area contributed by atoms with Crippen LogP contribution < -0.4 is 5.32 Å². The van der Waals surface area contributed by atoms with Crippen molar-refractivity contribution in [2.24, 2.45) is 5.92 Å². The van der Waals surface area contributed by atoms with Crippen molar-refractivity contribution in [3.8, 4) is 0 Å². The molecule has 15 heavy (non-hydrogen) atoms. The van der Waals surface area contributed by atoms with Crippen molar-refractivity contribution in [1.82, 2.24) is 10.2 Å². The number of nitrogens with one attached hydrogen (secondary N) is 1. The van der Waals surface area contributed by atoms with E-state index in [1.165, 1.54) is 0 Å². The number of aliphatic carboxylic acids is 1. The third kappa shape index (κ3) is 3.20. The lowest BCUT2D eigenvalue weighted by atomic mass is 10.0. The zero-order chi connectivity index (χ0) is 11.4. The molecule has 1 aliphatic rings. The lowest BCUT2D eigenvalue weighted by Gasteiger charge is -2.29. The zero-order valence-electron chi connectivity index (χ0n) is 9.19. The van der Waals surface area contributed by atoms with Crippen LogP contribution in [0, 0.1) is 5.92 Å². The molecule has 86 valence electrons. The summed E-state index contributed by atoms with van der Waals surface area (Å²) < 4.78 is 0. The SMILES string of the molecule is CC(C)C(C(=O)O)N1CCNC(=O)CC1. The highest BCUT2D eigenvalue weighted by atomic mass is 16.4. The topological polar surface area (TPSA) is 69.6 Å². The Labute approximate surface area is 89.4 Å². The monoisotopic (exact) mass is 214 g/mol. The summed E-state index contributed by atoms with van der Waals surface area (Å²) in [7, 11) is 0. The van der Waals surface area contributed by atoms with Crippen LogP contribution in [0.25, 0.3) is 0 Å². The molecule has 5 nitrogen and oxygen atoms in total. The van der Waals surface area contributed by atoms with Gasteiger partial charge in [-0.25, -0.2) is 0 Å². The number of carbonyl (C=O) groups is 2. The number of carboxylic acids is 1. The fourth-order valence-electron chi connectivity index (χ4n) is 1.93. The van der Waals surface area contributed by atoms with Gasteiger partial charge in [-0.05, 0) is 5.92 Å². The average molecular weight is 214 g/mol. The lowest BCUT2D eigenvalue weighted by Crippen LogP contribution is -2.46. The largest absolute Gasteiger partial charge is 0.480 e. The second-order valence-corrected chi connectivity index (χ2v) is 4.16. The second kappa shape index (κ2) is 5.11. The molecule has 0 radical (unpaired) electrons. The number of carbonyl (C=O) groups excluding carboxylic acids is 1. The number of hydrogen-bond acceptors (Lipinski definition) is 3. The third-order valence-electron chi connectivity index (χ3n) is 2.63. The van der Waals surface area contributed by atoms with E-state index < -0.39 is 12.0 Å². The van der Waals surface area contributed by atoms with Crippen LogP contribution >= 0.6 is 0 Å². The quantitative estimate of drug-likeness (QED) is 0.689. The highest BCUT2D eigenvalue weighted by Crippen LogP contribution is 2.12. The van der Waals surface area contributed by atoms with Gasteiger partial charge in [-0.15, -0.1) is 0 Å². The van der Waals surface area contributed by atoms with Crippen molar-refractivity contribution in [3.05, 3.63) is 0 Å². The zero-order valence-corrected chi connectivity index (χ0v) is 9.19. The molecule has 0 aromatic carbocycles. The van der Waals surface area contributed by atoms with E-state index in [1.54, 1.807) is 0 Å². The van der Waals surface area contributed by atoms with Gasteiger partial charge in [0.1, 0.15) is 6.04 Å². The lowest BCUT2D eigenvalue weighted by molar-refractivity contribution is -0.145. The normalized spacial score (nSPS) is 20.9. The molecule has 0 spiro atoms. The van der Waals surface area contributed by atoms with Crippen LogP contribution in [0.1, 0.15) is 20.3 Å². The van der Waals surface area contributed by atoms with E-state index in [9.17, 15) is 9.59 Å². The van der Waals surface area contributed by atoms with Crippen LogP contribution in [0.15, 0.2) is 0 Å². The average Bonchev–Trinajstić information content (AvgIpc) is 2.30. The number of rotatable bonds is 3. The minimum Gasteiger partial charge on any atom is -0.480 e. The van der Waals surface area contributed by atoms with Gasteiger partial charge in [0.15, 0.2) is 0 Å². The fraction of sp³-hybridized carbons (Fsp3) is 0.800. The Morgan fingerprint density at radius 1 is 1.47 bits per heavy atom. The molecule has 5 heteroatoms. The molecule has 0 aromatic rings. The molecule has 0 aromatic heterocycles. The number of carboxylic acid groups (broad SMARTS) is 1. The molecule has 1 unspecified atom stereocenters. The molecule has 1 heterocycles. The molecular formula is C10H18N2O3. The maximum Gasteiger partial charge on any atom is 0.321 e. The van der Waals surface area contributed by atoms with Gasteiger partial charge in [0.05, 0.1) is 0 Å². The van der Waals surface area contributed by atoms with Crippen LogP contribution in [0.3, 0.4) is 0 Å². The van der Waals surface area contributed by atoms with Gasteiger partial charge in [-0.1, -0.05) is 13.8 Å². The summed E-state index contributed by atoms with van der Waals surface area (Å²) in [6.07, 6.45) is 0.385. The van der Waals surface area contributed by atoms with Crippen LogP contribution in [0.5, 0.6) is 0 Å². The fourth-order valence-corrected chi connectivity index (χ4v) is 1.93. The molecule has 1 rings (SSSR count). The van der Waals surface area contributed by atoms with Gasteiger partial charge in [-0.3, -0.25) is 14.5 Å². The van der Waals surface area contributed by atoms with E-state index in [2.05, 4.69) is 5.32 Å². The number of nitrogens with zero attached hydrogens (tertiary/aromatic N) is 1. The van der Waals surface area contributed by atoms with E-state index in [4.69, 9.17) is 5.11 Å². The van der Waals surface area contributed by atoms with Crippen LogP contribution in [0.2, 0.25) is 0 Å². The summed E-state index contributed by atoms with van der Waals surface area (Å²) in [4.78, 5) is 24.1. The van der Waals surface area contributed by atoms with E-state index >= 15 is 0 Å². The Morgan fingerprint density at radius 3 is 2.67 bits per heavy atom. The summed E-state index contributed by atoms with van der Waals surface area (Å²) >= 11 is 0. The first kappa shape index (κ1) is 12.0. The van der Waals surface area contributed by atoms with Crippen molar-refractivity contribution in [2.75, 3.05) is 19.6 Å². The maximum atomic E-state index is 11.1. The molecule has 0 bridgehead atoms. The summed E-state index contributed by atoms with van der Waals surface area (Å²) in [6.45, 7) is 5.45. The standard InChI is InChI=1S/C10H18N2O3/c1-7(2)9(10(14)15)12-5-3-8(13)11-4-6-12/h7,9H,3-6H2,1-2H3,(H,11,13)(H,14,15). The van der Waals surface area contributed by atoms with Gasteiger partial charge in [0.2, 0.25) is 5.91 Å². The molecule has 0 aliphatic carbocycles. The van der Waals surface area contributed by atoms with Gasteiger partial charge in [-0.2, -0.15) is 0 Å². The van der Waals surface area contributed by atoms with Crippen molar-refractivity contribution in [1.29, 1.82) is 0 Å².